The van der Waals surface area contributed by atoms with Gasteiger partial charge >= 0.3 is 0 Å². The normalized spacial score (nSPS) is 19.2. The predicted molar refractivity (Wildman–Crippen MR) is 84.2 cm³/mol. The van der Waals surface area contributed by atoms with Gasteiger partial charge in [0.25, 0.3) is 0 Å². The second-order valence-electron chi connectivity index (χ2n) is 7.00. The summed E-state index contributed by atoms with van der Waals surface area (Å²) in [6.07, 6.45) is 4.10. The standard InChI is InChI=1S/C18H26FNO/c1-14-5-6-15(13-16(14)19)17(21)7-11-20-10-4-8-18(2,3)9-12-20/h5-6,13H,4,7-12H2,1-3H3. The van der Waals surface area contributed by atoms with Crippen LogP contribution >= 0.6 is 0 Å². The Labute approximate surface area is 127 Å². The Morgan fingerprint density at radius 1 is 1.29 bits per heavy atom. The lowest BCUT2D eigenvalue weighted by Crippen LogP contribution is -2.28. The van der Waals surface area contributed by atoms with Crippen LogP contribution in [-0.2, 0) is 0 Å². The molecule has 0 unspecified atom stereocenters. The van der Waals surface area contributed by atoms with Gasteiger partial charge in [0, 0.05) is 18.5 Å². The van der Waals surface area contributed by atoms with Gasteiger partial charge < -0.3 is 4.90 Å². The van der Waals surface area contributed by atoms with Crippen molar-refractivity contribution in [1.29, 1.82) is 0 Å². The third kappa shape index (κ3) is 4.63. The highest BCUT2D eigenvalue weighted by atomic mass is 19.1. The van der Waals surface area contributed by atoms with E-state index in [1.807, 2.05) is 0 Å². The van der Waals surface area contributed by atoms with Crippen LogP contribution in [0.1, 0.15) is 55.5 Å². The summed E-state index contributed by atoms with van der Waals surface area (Å²) in [7, 11) is 0. The van der Waals surface area contributed by atoms with Crippen LogP contribution in [0.25, 0.3) is 0 Å². The number of ketones is 1. The number of Topliss-reactive ketones (excluding diaryl/α,β-unsaturated/α-hetero) is 1. The maximum absolute atomic E-state index is 13.5. The molecule has 0 bridgehead atoms. The molecule has 0 amide bonds. The number of likely N-dealkylation sites (tertiary alicyclic amines) is 1. The summed E-state index contributed by atoms with van der Waals surface area (Å²) in [5.41, 5.74) is 1.49. The Kier molecular flexibility index (Phi) is 5.15. The number of hydrogen-bond acceptors (Lipinski definition) is 2. The average molecular weight is 291 g/mol. The lowest BCUT2D eigenvalue weighted by Gasteiger charge is -2.23. The van der Waals surface area contributed by atoms with E-state index in [1.54, 1.807) is 19.1 Å². The minimum atomic E-state index is -0.294. The van der Waals surface area contributed by atoms with Crippen molar-refractivity contribution in [3.63, 3.8) is 0 Å². The summed E-state index contributed by atoms with van der Waals surface area (Å²) in [5.74, 6) is -0.255. The van der Waals surface area contributed by atoms with Crippen LogP contribution in [0.2, 0.25) is 0 Å². The Morgan fingerprint density at radius 2 is 2.05 bits per heavy atom. The first-order valence-electron chi connectivity index (χ1n) is 7.89. The fraction of sp³-hybridized carbons (Fsp3) is 0.611. The number of benzene rings is 1. The quantitative estimate of drug-likeness (QED) is 0.774. The van der Waals surface area contributed by atoms with Crippen LogP contribution in [-0.4, -0.2) is 30.3 Å². The van der Waals surface area contributed by atoms with Gasteiger partial charge in [-0.15, -0.1) is 0 Å². The van der Waals surface area contributed by atoms with Gasteiger partial charge in [-0.3, -0.25) is 4.79 Å². The first-order chi connectivity index (χ1) is 9.87. The minimum Gasteiger partial charge on any atom is -0.303 e. The van der Waals surface area contributed by atoms with Gasteiger partial charge in [-0.1, -0.05) is 26.0 Å². The van der Waals surface area contributed by atoms with E-state index >= 15 is 0 Å². The largest absolute Gasteiger partial charge is 0.303 e. The molecule has 0 N–H and O–H groups in total. The number of hydrogen-bond donors (Lipinski definition) is 0. The molecule has 1 aromatic carbocycles. The highest BCUT2D eigenvalue weighted by Crippen LogP contribution is 2.29. The van der Waals surface area contributed by atoms with E-state index < -0.39 is 0 Å². The van der Waals surface area contributed by atoms with Crippen LogP contribution < -0.4 is 0 Å². The summed E-state index contributed by atoms with van der Waals surface area (Å²) in [6.45, 7) is 9.25. The maximum Gasteiger partial charge on any atom is 0.164 e. The molecular formula is C18H26FNO. The van der Waals surface area contributed by atoms with E-state index in [2.05, 4.69) is 18.7 Å². The SMILES string of the molecule is Cc1ccc(C(=O)CCN2CCCC(C)(C)CC2)cc1F. The van der Waals surface area contributed by atoms with Crippen molar-refractivity contribution in [2.45, 2.75) is 46.5 Å². The van der Waals surface area contributed by atoms with Crippen molar-refractivity contribution in [2.24, 2.45) is 5.41 Å². The third-order valence-corrected chi connectivity index (χ3v) is 4.58. The van der Waals surface area contributed by atoms with Gasteiger partial charge in [-0.2, -0.15) is 0 Å². The van der Waals surface area contributed by atoms with E-state index in [-0.39, 0.29) is 11.6 Å². The number of halogens is 1. The number of carbonyl (C=O) groups is 1. The van der Waals surface area contributed by atoms with Crippen molar-refractivity contribution >= 4 is 5.78 Å². The van der Waals surface area contributed by atoms with Crippen molar-refractivity contribution in [3.05, 3.63) is 35.1 Å². The Bertz CT molecular complexity index is 510. The van der Waals surface area contributed by atoms with Crippen LogP contribution in [0.15, 0.2) is 18.2 Å². The molecule has 2 nitrogen and oxygen atoms in total. The fourth-order valence-corrected chi connectivity index (χ4v) is 2.87. The highest BCUT2D eigenvalue weighted by molar-refractivity contribution is 5.96. The molecule has 116 valence electrons. The van der Waals surface area contributed by atoms with E-state index in [4.69, 9.17) is 0 Å². The summed E-state index contributed by atoms with van der Waals surface area (Å²) in [5, 5.41) is 0. The molecule has 0 atom stereocenters. The zero-order chi connectivity index (χ0) is 15.5. The minimum absolute atomic E-state index is 0.0393. The van der Waals surface area contributed by atoms with Gasteiger partial charge in [0.15, 0.2) is 5.78 Å². The van der Waals surface area contributed by atoms with Gasteiger partial charge in [0.05, 0.1) is 0 Å². The zero-order valence-electron chi connectivity index (χ0n) is 13.4. The van der Waals surface area contributed by atoms with E-state index in [0.29, 0.717) is 23.0 Å². The maximum atomic E-state index is 13.5. The third-order valence-electron chi connectivity index (χ3n) is 4.58. The van der Waals surface area contributed by atoms with Crippen LogP contribution in [0.3, 0.4) is 0 Å². The highest BCUT2D eigenvalue weighted by Gasteiger charge is 2.23. The van der Waals surface area contributed by atoms with Gasteiger partial charge in [-0.25, -0.2) is 4.39 Å². The summed E-state index contributed by atoms with van der Waals surface area (Å²) >= 11 is 0. The molecule has 1 aromatic rings. The van der Waals surface area contributed by atoms with Crippen LogP contribution in [0.4, 0.5) is 4.39 Å². The average Bonchev–Trinajstić information content (AvgIpc) is 2.60. The summed E-state index contributed by atoms with van der Waals surface area (Å²) in [6, 6.07) is 4.77. The Morgan fingerprint density at radius 3 is 2.76 bits per heavy atom. The van der Waals surface area contributed by atoms with Crippen LogP contribution in [0.5, 0.6) is 0 Å². The molecule has 1 aliphatic rings. The predicted octanol–water partition coefficient (Wildman–Crippen LogP) is 4.22. The van der Waals surface area contributed by atoms with E-state index in [0.717, 1.165) is 19.6 Å². The Hall–Kier alpha value is -1.22. The number of aryl methyl sites for hydroxylation is 1. The molecule has 0 radical (unpaired) electrons. The smallest absolute Gasteiger partial charge is 0.164 e. The first-order valence-corrected chi connectivity index (χ1v) is 7.89. The molecule has 0 aliphatic carbocycles. The summed E-state index contributed by atoms with van der Waals surface area (Å²) < 4.78 is 13.5. The molecule has 21 heavy (non-hydrogen) atoms. The molecule has 1 aliphatic heterocycles. The molecule has 0 saturated carbocycles. The van der Waals surface area contributed by atoms with Gasteiger partial charge in [-0.05, 0) is 56.3 Å². The monoisotopic (exact) mass is 291 g/mol. The lowest BCUT2D eigenvalue weighted by molar-refractivity contribution is 0.0964. The van der Waals surface area contributed by atoms with Crippen molar-refractivity contribution in [3.8, 4) is 0 Å². The number of rotatable bonds is 4. The molecular weight excluding hydrogens is 265 g/mol. The molecule has 0 aromatic heterocycles. The van der Waals surface area contributed by atoms with E-state index in [1.165, 1.54) is 25.3 Å². The Balaban J connectivity index is 1.87. The second kappa shape index (κ2) is 6.69. The number of nitrogens with zero attached hydrogens (tertiary/aromatic N) is 1. The van der Waals surface area contributed by atoms with Gasteiger partial charge in [0.2, 0.25) is 0 Å². The van der Waals surface area contributed by atoms with Crippen molar-refractivity contribution < 1.29 is 9.18 Å². The molecule has 2 rings (SSSR count). The molecule has 1 saturated heterocycles. The van der Waals surface area contributed by atoms with Crippen LogP contribution in [0, 0.1) is 18.2 Å². The topological polar surface area (TPSA) is 20.3 Å². The molecule has 1 fully saturated rings. The molecule has 3 heteroatoms. The lowest BCUT2D eigenvalue weighted by atomic mass is 9.85. The number of carbonyl (C=O) groups excluding carboxylic acids is 1. The van der Waals surface area contributed by atoms with Crippen molar-refractivity contribution in [2.75, 3.05) is 19.6 Å². The first kappa shape index (κ1) is 16.2. The second-order valence-corrected chi connectivity index (χ2v) is 7.00. The van der Waals surface area contributed by atoms with Crippen molar-refractivity contribution in [1.82, 2.24) is 4.90 Å². The van der Waals surface area contributed by atoms with E-state index in [9.17, 15) is 9.18 Å². The summed E-state index contributed by atoms with van der Waals surface area (Å²) in [4.78, 5) is 14.5. The zero-order valence-corrected chi connectivity index (χ0v) is 13.4. The van der Waals surface area contributed by atoms with Gasteiger partial charge in [0.1, 0.15) is 5.82 Å². The fourth-order valence-electron chi connectivity index (χ4n) is 2.87. The molecule has 0 spiro atoms. The molecule has 1 heterocycles.